The van der Waals surface area contributed by atoms with Crippen molar-refractivity contribution in [2.24, 2.45) is 0 Å². The number of aryl methyl sites for hydroxylation is 1. The zero-order valence-electron chi connectivity index (χ0n) is 10.7. The maximum atomic E-state index is 11.9. The van der Waals surface area contributed by atoms with Crippen LogP contribution in [0.4, 0.5) is 29.3 Å². The van der Waals surface area contributed by atoms with Gasteiger partial charge < -0.3 is 9.47 Å². The third-order valence-electron chi connectivity index (χ3n) is 2.19. The molecule has 0 aliphatic carbocycles. The van der Waals surface area contributed by atoms with E-state index >= 15 is 0 Å². The zero-order chi connectivity index (χ0) is 17.1. The van der Waals surface area contributed by atoms with E-state index in [4.69, 9.17) is 0 Å². The van der Waals surface area contributed by atoms with E-state index in [0.29, 0.717) is 6.07 Å². The fourth-order valence-corrected chi connectivity index (χ4v) is 1.36. The van der Waals surface area contributed by atoms with Crippen LogP contribution >= 0.6 is 0 Å². The van der Waals surface area contributed by atoms with Crippen LogP contribution in [0.1, 0.15) is 5.56 Å². The van der Waals surface area contributed by atoms with Gasteiger partial charge in [-0.2, -0.15) is 13.2 Å². The van der Waals surface area contributed by atoms with Gasteiger partial charge in [0.2, 0.25) is 5.75 Å². The number of benzene rings is 1. The Bertz CT molecular complexity index is 630. The summed E-state index contributed by atoms with van der Waals surface area (Å²) in [6, 6.07) is 1.37. The summed E-state index contributed by atoms with van der Waals surface area (Å²) in [4.78, 5) is 30.5. The lowest BCUT2D eigenvalue weighted by molar-refractivity contribution is -0.394. The van der Waals surface area contributed by atoms with Gasteiger partial charge in [-0.05, 0) is 6.92 Å². The van der Waals surface area contributed by atoms with Gasteiger partial charge >= 0.3 is 18.0 Å². The van der Waals surface area contributed by atoms with Crippen molar-refractivity contribution in [3.8, 4) is 5.75 Å². The molecule has 22 heavy (non-hydrogen) atoms. The number of halogens is 3. The molecule has 1 aromatic rings. The molecule has 0 heterocycles. The van der Waals surface area contributed by atoms with E-state index in [9.17, 15) is 38.2 Å². The van der Waals surface area contributed by atoms with Crippen LogP contribution in [0.2, 0.25) is 0 Å². The quantitative estimate of drug-likeness (QED) is 0.361. The van der Waals surface area contributed by atoms with Crippen LogP contribution in [-0.2, 0) is 4.74 Å². The fraction of sp³-hybridized carbons (Fsp3) is 0.300. The van der Waals surface area contributed by atoms with Gasteiger partial charge in [0.25, 0.3) is 5.69 Å². The summed E-state index contributed by atoms with van der Waals surface area (Å²) in [5.41, 5.74) is -1.78. The molecule has 0 fully saturated rings. The van der Waals surface area contributed by atoms with Crippen molar-refractivity contribution in [2.75, 3.05) is 6.61 Å². The van der Waals surface area contributed by atoms with Crippen LogP contribution in [0.15, 0.2) is 12.1 Å². The first-order chi connectivity index (χ1) is 10.0. The lowest BCUT2D eigenvalue weighted by Crippen LogP contribution is -2.22. The number of hydrogen-bond acceptors (Lipinski definition) is 7. The molecule has 0 aliphatic heterocycles. The van der Waals surface area contributed by atoms with E-state index in [-0.39, 0.29) is 5.56 Å². The number of nitro benzene ring substituents is 2. The van der Waals surface area contributed by atoms with Crippen LogP contribution in [0.25, 0.3) is 0 Å². The van der Waals surface area contributed by atoms with Gasteiger partial charge in [0.15, 0.2) is 6.61 Å². The Morgan fingerprint density at radius 3 is 2.27 bits per heavy atom. The molecule has 0 saturated carbocycles. The predicted molar refractivity (Wildman–Crippen MR) is 62.5 cm³/mol. The Kier molecular flexibility index (Phi) is 4.86. The number of non-ortho nitro benzene ring substituents is 1. The smallest absolute Gasteiger partial charge is 0.424 e. The standard InChI is InChI=1S/C10H7F3N2O7/c1-5-2-6(14(17)18)3-7(15(19)20)8(5)22-9(16)21-4-10(11,12)13/h2-3H,4H2,1H3. The number of nitro groups is 2. The van der Waals surface area contributed by atoms with E-state index in [1.165, 1.54) is 0 Å². The number of carbonyl (C=O) groups excluding carboxylic acids is 1. The van der Waals surface area contributed by atoms with Crippen LogP contribution in [0.5, 0.6) is 5.75 Å². The minimum absolute atomic E-state index is 0.190. The number of nitrogens with zero attached hydrogens (tertiary/aromatic N) is 2. The Morgan fingerprint density at radius 1 is 1.23 bits per heavy atom. The third-order valence-corrected chi connectivity index (χ3v) is 2.19. The molecule has 0 radical (unpaired) electrons. The Hall–Kier alpha value is -2.92. The second kappa shape index (κ2) is 6.24. The first-order valence-electron chi connectivity index (χ1n) is 5.36. The van der Waals surface area contributed by atoms with E-state index < -0.39 is 45.9 Å². The van der Waals surface area contributed by atoms with Crippen LogP contribution in [0.3, 0.4) is 0 Å². The van der Waals surface area contributed by atoms with Gasteiger partial charge in [0.05, 0.1) is 15.9 Å². The molecule has 0 spiro atoms. The van der Waals surface area contributed by atoms with Crippen molar-refractivity contribution in [1.82, 2.24) is 0 Å². The van der Waals surface area contributed by atoms with Gasteiger partial charge in [-0.3, -0.25) is 20.2 Å². The predicted octanol–water partition coefficient (Wildman–Crippen LogP) is 2.89. The summed E-state index contributed by atoms with van der Waals surface area (Å²) < 4.78 is 43.7. The SMILES string of the molecule is Cc1cc([N+](=O)[O-])cc([N+](=O)[O-])c1OC(=O)OCC(F)(F)F. The molecule has 1 rings (SSSR count). The lowest BCUT2D eigenvalue weighted by Gasteiger charge is -2.09. The maximum absolute atomic E-state index is 11.9. The Labute approximate surface area is 119 Å². The summed E-state index contributed by atoms with van der Waals surface area (Å²) in [7, 11) is 0. The van der Waals surface area contributed by atoms with E-state index in [2.05, 4.69) is 9.47 Å². The summed E-state index contributed by atoms with van der Waals surface area (Å²) in [6.07, 6.45) is -6.62. The summed E-state index contributed by atoms with van der Waals surface area (Å²) in [5, 5.41) is 21.4. The molecule has 0 bridgehead atoms. The Balaban J connectivity index is 3.06. The fourth-order valence-electron chi connectivity index (χ4n) is 1.36. The molecule has 0 aromatic heterocycles. The van der Waals surface area contributed by atoms with Crippen molar-refractivity contribution in [3.63, 3.8) is 0 Å². The lowest BCUT2D eigenvalue weighted by atomic mass is 10.1. The highest BCUT2D eigenvalue weighted by molar-refractivity contribution is 5.69. The molecular weight excluding hydrogens is 317 g/mol. The molecule has 1 aromatic carbocycles. The summed E-state index contributed by atoms with van der Waals surface area (Å²) in [5.74, 6) is -0.734. The minimum atomic E-state index is -4.80. The first-order valence-corrected chi connectivity index (χ1v) is 5.36. The van der Waals surface area contributed by atoms with Crippen molar-refractivity contribution in [2.45, 2.75) is 13.1 Å². The van der Waals surface area contributed by atoms with Crippen molar-refractivity contribution in [1.29, 1.82) is 0 Å². The van der Waals surface area contributed by atoms with Crippen molar-refractivity contribution < 1.29 is 37.3 Å². The zero-order valence-corrected chi connectivity index (χ0v) is 10.7. The van der Waals surface area contributed by atoms with E-state index in [1.54, 1.807) is 0 Å². The molecule has 9 nitrogen and oxygen atoms in total. The minimum Gasteiger partial charge on any atom is -0.424 e. The average Bonchev–Trinajstić information content (AvgIpc) is 2.37. The van der Waals surface area contributed by atoms with Gasteiger partial charge in [-0.1, -0.05) is 0 Å². The third kappa shape index (κ3) is 4.57. The highest BCUT2D eigenvalue weighted by Crippen LogP contribution is 2.35. The Morgan fingerprint density at radius 2 is 1.82 bits per heavy atom. The topological polar surface area (TPSA) is 122 Å². The molecule has 0 atom stereocenters. The molecule has 12 heteroatoms. The highest BCUT2D eigenvalue weighted by atomic mass is 19.4. The highest BCUT2D eigenvalue weighted by Gasteiger charge is 2.31. The van der Waals surface area contributed by atoms with Crippen LogP contribution in [0, 0.1) is 27.2 Å². The van der Waals surface area contributed by atoms with E-state index in [0.717, 1.165) is 13.0 Å². The molecule has 0 unspecified atom stereocenters. The van der Waals surface area contributed by atoms with Crippen LogP contribution < -0.4 is 4.74 Å². The average molecular weight is 324 g/mol. The van der Waals surface area contributed by atoms with Crippen molar-refractivity contribution >= 4 is 17.5 Å². The second-order valence-electron chi connectivity index (χ2n) is 3.88. The van der Waals surface area contributed by atoms with Gasteiger partial charge in [-0.25, -0.2) is 4.79 Å². The number of alkyl halides is 3. The summed E-state index contributed by atoms with van der Waals surface area (Å²) >= 11 is 0. The first kappa shape index (κ1) is 17.1. The molecule has 120 valence electrons. The summed E-state index contributed by atoms with van der Waals surface area (Å²) in [6.45, 7) is -0.794. The number of hydrogen-bond donors (Lipinski definition) is 0. The number of carbonyl (C=O) groups is 1. The van der Waals surface area contributed by atoms with Crippen LogP contribution in [-0.4, -0.2) is 28.8 Å². The maximum Gasteiger partial charge on any atom is 0.514 e. The van der Waals surface area contributed by atoms with Gasteiger partial charge in [0.1, 0.15) is 0 Å². The van der Waals surface area contributed by atoms with E-state index in [1.807, 2.05) is 0 Å². The number of ether oxygens (including phenoxy) is 2. The molecule has 0 N–H and O–H groups in total. The molecule has 0 saturated heterocycles. The monoisotopic (exact) mass is 324 g/mol. The molecular formula is C10H7F3N2O7. The number of rotatable bonds is 4. The second-order valence-corrected chi connectivity index (χ2v) is 3.88. The molecule has 0 aliphatic rings. The van der Waals surface area contributed by atoms with Crippen molar-refractivity contribution in [3.05, 3.63) is 37.9 Å². The van der Waals surface area contributed by atoms with Gasteiger partial charge in [-0.15, -0.1) is 0 Å². The normalized spacial score (nSPS) is 10.9. The van der Waals surface area contributed by atoms with Gasteiger partial charge in [0, 0.05) is 11.6 Å². The molecule has 0 amide bonds. The largest absolute Gasteiger partial charge is 0.514 e.